The number of hydrogen-bond donors (Lipinski definition) is 0. The zero-order valence-electron chi connectivity index (χ0n) is 7.56. The minimum Gasteiger partial charge on any atom is -0.0776 e. The Morgan fingerprint density at radius 3 is 1.82 bits per heavy atom. The van der Waals surface area contributed by atoms with Crippen molar-refractivity contribution in [1.29, 1.82) is 0 Å². The molecule has 11 heavy (non-hydrogen) atoms. The Balaban J connectivity index is 0.000000311. The van der Waals surface area contributed by atoms with Crippen LogP contribution in [0.1, 0.15) is 53.9 Å². The molecule has 0 heteroatoms. The fourth-order valence-electron chi connectivity index (χ4n) is 2.56. The monoisotopic (exact) mass is 156 g/mol. The molecule has 0 aromatic carbocycles. The van der Waals surface area contributed by atoms with Gasteiger partial charge in [-0.25, -0.2) is 0 Å². The second kappa shape index (κ2) is 4.79. The molecule has 0 aromatic heterocycles. The molecule has 2 saturated carbocycles. The van der Waals surface area contributed by atoms with E-state index in [0.717, 1.165) is 17.8 Å². The minimum atomic E-state index is 0. The van der Waals surface area contributed by atoms with Gasteiger partial charge < -0.3 is 0 Å². The highest BCUT2D eigenvalue weighted by Crippen LogP contribution is 2.47. The van der Waals surface area contributed by atoms with Crippen molar-refractivity contribution < 1.29 is 0 Å². The molecule has 2 bridgehead atoms. The lowest BCUT2D eigenvalue weighted by Gasteiger charge is -2.15. The summed E-state index contributed by atoms with van der Waals surface area (Å²) in [6, 6.07) is 0. The van der Waals surface area contributed by atoms with Crippen molar-refractivity contribution in [3.8, 4) is 0 Å². The van der Waals surface area contributed by atoms with Crippen LogP contribution in [-0.2, 0) is 0 Å². The van der Waals surface area contributed by atoms with Crippen molar-refractivity contribution in [2.24, 2.45) is 17.8 Å². The van der Waals surface area contributed by atoms with Gasteiger partial charge in [0.05, 0.1) is 0 Å². The van der Waals surface area contributed by atoms with Crippen LogP contribution in [0.15, 0.2) is 0 Å². The minimum absolute atomic E-state index is 0. The number of rotatable bonds is 0. The summed E-state index contributed by atoms with van der Waals surface area (Å²) in [7, 11) is 0. The third kappa shape index (κ3) is 2.21. The first-order valence-corrected chi connectivity index (χ1v) is 4.86. The van der Waals surface area contributed by atoms with E-state index in [9.17, 15) is 0 Å². The molecule has 0 radical (unpaired) electrons. The van der Waals surface area contributed by atoms with Crippen molar-refractivity contribution in [3.63, 3.8) is 0 Å². The topological polar surface area (TPSA) is 0 Å². The normalized spacial score (nSPS) is 39.0. The van der Waals surface area contributed by atoms with E-state index in [1.807, 2.05) is 13.8 Å². The van der Waals surface area contributed by atoms with Crippen molar-refractivity contribution in [2.75, 3.05) is 0 Å². The first-order chi connectivity index (χ1) is 4.86. The Morgan fingerprint density at radius 1 is 1.00 bits per heavy atom. The highest BCUT2D eigenvalue weighted by Gasteiger charge is 2.36. The molecule has 0 nitrogen and oxygen atoms in total. The lowest BCUT2D eigenvalue weighted by atomic mass is 9.91. The second-order valence-corrected chi connectivity index (χ2v) is 3.65. The Labute approximate surface area is 72.4 Å². The average Bonchev–Trinajstić information content (AvgIpc) is 2.52. The zero-order valence-corrected chi connectivity index (χ0v) is 7.56. The predicted octanol–water partition coefficient (Wildman–Crippen LogP) is 4.10. The van der Waals surface area contributed by atoms with Gasteiger partial charge in [-0.1, -0.05) is 34.6 Å². The summed E-state index contributed by atoms with van der Waals surface area (Å²) < 4.78 is 0. The summed E-state index contributed by atoms with van der Waals surface area (Å²) in [6.45, 7) is 6.42. The summed E-state index contributed by atoms with van der Waals surface area (Å²) in [5.41, 5.74) is 0. The van der Waals surface area contributed by atoms with Crippen LogP contribution in [0.4, 0.5) is 0 Å². The van der Waals surface area contributed by atoms with Gasteiger partial charge in [-0.05, 0) is 37.0 Å². The van der Waals surface area contributed by atoms with Crippen LogP contribution in [-0.4, -0.2) is 0 Å². The Morgan fingerprint density at radius 2 is 1.64 bits per heavy atom. The molecule has 0 amide bonds. The SMILES string of the molecule is C.CC.CC1CC2CCC1C2. The van der Waals surface area contributed by atoms with Gasteiger partial charge in [0, 0.05) is 0 Å². The van der Waals surface area contributed by atoms with Gasteiger partial charge in [-0.3, -0.25) is 0 Å². The van der Waals surface area contributed by atoms with E-state index in [-0.39, 0.29) is 7.43 Å². The largest absolute Gasteiger partial charge is 0.0776 e. The quantitative estimate of drug-likeness (QED) is 0.495. The maximum Gasteiger partial charge on any atom is -0.0386 e. The molecule has 3 unspecified atom stereocenters. The van der Waals surface area contributed by atoms with Gasteiger partial charge in [0.1, 0.15) is 0 Å². The van der Waals surface area contributed by atoms with Crippen LogP contribution in [0.25, 0.3) is 0 Å². The van der Waals surface area contributed by atoms with Crippen LogP contribution in [0.5, 0.6) is 0 Å². The maximum absolute atomic E-state index is 2.42. The highest BCUT2D eigenvalue weighted by molar-refractivity contribution is 4.87. The van der Waals surface area contributed by atoms with Crippen molar-refractivity contribution in [2.45, 2.75) is 53.9 Å². The molecule has 0 N–H and O–H groups in total. The first-order valence-electron chi connectivity index (χ1n) is 4.86. The van der Waals surface area contributed by atoms with E-state index in [1.54, 1.807) is 25.7 Å². The van der Waals surface area contributed by atoms with E-state index < -0.39 is 0 Å². The standard InChI is InChI=1S/C8H14.C2H6.CH4/c1-6-4-7-2-3-8(6)5-7;1-2;/h6-8H,2-5H2,1H3;1-2H3;1H4. The Kier molecular flexibility index (Phi) is 4.79. The van der Waals surface area contributed by atoms with E-state index in [0.29, 0.717) is 0 Å². The molecule has 0 aliphatic heterocycles. The van der Waals surface area contributed by atoms with Crippen molar-refractivity contribution in [3.05, 3.63) is 0 Å². The summed E-state index contributed by atoms with van der Waals surface area (Å²) in [4.78, 5) is 0. The van der Waals surface area contributed by atoms with Gasteiger partial charge in [0.2, 0.25) is 0 Å². The smallest absolute Gasteiger partial charge is 0.0386 e. The van der Waals surface area contributed by atoms with Gasteiger partial charge in [0.25, 0.3) is 0 Å². The van der Waals surface area contributed by atoms with Crippen LogP contribution in [0.3, 0.4) is 0 Å². The molecular weight excluding hydrogens is 132 g/mol. The van der Waals surface area contributed by atoms with Crippen LogP contribution >= 0.6 is 0 Å². The lowest BCUT2D eigenvalue weighted by molar-refractivity contribution is 0.360. The molecule has 0 heterocycles. The molecule has 68 valence electrons. The summed E-state index contributed by atoms with van der Waals surface area (Å²) in [6.07, 6.45) is 6.21. The summed E-state index contributed by atoms with van der Waals surface area (Å²) >= 11 is 0. The molecule has 0 saturated heterocycles. The molecule has 0 aromatic rings. The molecule has 0 spiro atoms. The van der Waals surface area contributed by atoms with Gasteiger partial charge in [0.15, 0.2) is 0 Å². The highest BCUT2D eigenvalue weighted by atomic mass is 14.4. The Hall–Kier alpha value is 0. The zero-order chi connectivity index (χ0) is 7.56. The molecule has 2 rings (SSSR count). The van der Waals surface area contributed by atoms with Crippen LogP contribution in [0, 0.1) is 17.8 Å². The summed E-state index contributed by atoms with van der Waals surface area (Å²) in [5, 5.41) is 0. The fraction of sp³-hybridized carbons (Fsp3) is 1.00. The van der Waals surface area contributed by atoms with Crippen LogP contribution < -0.4 is 0 Å². The molecule has 3 atom stereocenters. The van der Waals surface area contributed by atoms with Gasteiger partial charge >= 0.3 is 0 Å². The molecular formula is C11H24. The van der Waals surface area contributed by atoms with Crippen molar-refractivity contribution in [1.82, 2.24) is 0 Å². The van der Waals surface area contributed by atoms with E-state index >= 15 is 0 Å². The average molecular weight is 156 g/mol. The van der Waals surface area contributed by atoms with Crippen LogP contribution in [0.2, 0.25) is 0 Å². The van der Waals surface area contributed by atoms with Gasteiger partial charge in [-0.15, -0.1) is 0 Å². The number of fused-ring (bicyclic) bond motifs is 2. The maximum atomic E-state index is 2.42. The lowest BCUT2D eigenvalue weighted by Crippen LogP contribution is -2.04. The van der Waals surface area contributed by atoms with E-state index in [1.165, 1.54) is 0 Å². The van der Waals surface area contributed by atoms with Gasteiger partial charge in [-0.2, -0.15) is 0 Å². The van der Waals surface area contributed by atoms with E-state index in [4.69, 9.17) is 0 Å². The molecule has 2 fully saturated rings. The molecule has 2 aliphatic rings. The third-order valence-corrected chi connectivity index (χ3v) is 3.09. The second-order valence-electron chi connectivity index (χ2n) is 3.65. The van der Waals surface area contributed by atoms with Crippen molar-refractivity contribution >= 4 is 0 Å². The molecule has 2 aliphatic carbocycles. The summed E-state index contributed by atoms with van der Waals surface area (Å²) in [5.74, 6) is 3.36. The predicted molar refractivity (Wildman–Crippen MR) is 52.7 cm³/mol. The third-order valence-electron chi connectivity index (χ3n) is 3.09. The Bertz CT molecular complexity index is 94.2. The first kappa shape index (κ1) is 11.0. The van der Waals surface area contributed by atoms with E-state index in [2.05, 4.69) is 6.92 Å². The number of hydrogen-bond acceptors (Lipinski definition) is 0. The fourth-order valence-corrected chi connectivity index (χ4v) is 2.56.